The van der Waals surface area contributed by atoms with Crippen molar-refractivity contribution in [2.75, 3.05) is 6.54 Å². The lowest BCUT2D eigenvalue weighted by Gasteiger charge is -2.34. The number of rotatable bonds is 7. The van der Waals surface area contributed by atoms with E-state index in [1.165, 1.54) is 12.8 Å². The van der Waals surface area contributed by atoms with Crippen LogP contribution in [0.3, 0.4) is 0 Å². The minimum absolute atomic E-state index is 0.180. The molecule has 112 valence electrons. The van der Waals surface area contributed by atoms with Gasteiger partial charge in [-0.2, -0.15) is 0 Å². The van der Waals surface area contributed by atoms with Gasteiger partial charge in [-0.25, -0.2) is 0 Å². The molecule has 1 rings (SSSR count). The molecule has 0 aliphatic carbocycles. The molecule has 3 unspecified atom stereocenters. The van der Waals surface area contributed by atoms with Crippen LogP contribution in [0.15, 0.2) is 0 Å². The predicted octanol–water partition coefficient (Wildman–Crippen LogP) is 2.48. The van der Waals surface area contributed by atoms with Crippen LogP contribution in [0, 0.1) is 0 Å². The van der Waals surface area contributed by atoms with Gasteiger partial charge in [-0.3, -0.25) is 15.0 Å². The van der Waals surface area contributed by atoms with E-state index in [0.717, 1.165) is 13.0 Å². The number of hydrogen-bond donors (Lipinski definition) is 2. The minimum atomic E-state index is -0.825. The number of nitrogens with zero attached hydrogens (tertiary/aromatic N) is 1. The first kappa shape index (κ1) is 16.4. The van der Waals surface area contributed by atoms with Gasteiger partial charge in [0.25, 0.3) is 0 Å². The van der Waals surface area contributed by atoms with Crippen molar-refractivity contribution in [3.05, 3.63) is 0 Å². The molecule has 0 radical (unpaired) electrons. The molecule has 1 saturated heterocycles. The SMILES string of the molecule is CCC1CCC(C)N1CCC(C)(NC(C)C)C(=O)O. The third kappa shape index (κ3) is 4.18. The molecule has 0 amide bonds. The molecular weight excluding hydrogens is 240 g/mol. The van der Waals surface area contributed by atoms with E-state index in [1.54, 1.807) is 6.92 Å². The predicted molar refractivity (Wildman–Crippen MR) is 78.4 cm³/mol. The molecule has 0 saturated carbocycles. The lowest BCUT2D eigenvalue weighted by molar-refractivity contribution is -0.145. The van der Waals surface area contributed by atoms with Crippen LogP contribution in [0.2, 0.25) is 0 Å². The number of likely N-dealkylation sites (tertiary alicyclic amines) is 1. The lowest BCUT2D eigenvalue weighted by Crippen LogP contribution is -2.54. The molecule has 3 atom stereocenters. The minimum Gasteiger partial charge on any atom is -0.480 e. The summed E-state index contributed by atoms with van der Waals surface area (Å²) in [7, 11) is 0. The van der Waals surface area contributed by atoms with Gasteiger partial charge in [-0.1, -0.05) is 6.92 Å². The summed E-state index contributed by atoms with van der Waals surface area (Å²) in [4.78, 5) is 14.0. The van der Waals surface area contributed by atoms with Crippen LogP contribution < -0.4 is 5.32 Å². The Bertz CT molecular complexity index is 307. The molecule has 0 aromatic carbocycles. The zero-order valence-corrected chi connectivity index (χ0v) is 13.1. The highest BCUT2D eigenvalue weighted by Gasteiger charge is 2.36. The quantitative estimate of drug-likeness (QED) is 0.746. The molecule has 2 N–H and O–H groups in total. The molecule has 0 aromatic heterocycles. The smallest absolute Gasteiger partial charge is 0.323 e. The van der Waals surface area contributed by atoms with Crippen molar-refractivity contribution in [3.8, 4) is 0 Å². The first-order chi connectivity index (χ1) is 8.80. The number of carboxylic acids is 1. The molecule has 4 nitrogen and oxygen atoms in total. The highest BCUT2D eigenvalue weighted by molar-refractivity contribution is 5.78. The van der Waals surface area contributed by atoms with E-state index >= 15 is 0 Å². The number of carboxylic acid groups (broad SMARTS) is 1. The van der Waals surface area contributed by atoms with Crippen LogP contribution in [-0.4, -0.2) is 46.2 Å². The van der Waals surface area contributed by atoms with Crippen LogP contribution in [0.1, 0.15) is 60.3 Å². The molecule has 0 bridgehead atoms. The van der Waals surface area contributed by atoms with E-state index in [-0.39, 0.29) is 6.04 Å². The van der Waals surface area contributed by atoms with Crippen molar-refractivity contribution in [3.63, 3.8) is 0 Å². The first-order valence-corrected chi connectivity index (χ1v) is 7.57. The molecule has 19 heavy (non-hydrogen) atoms. The van der Waals surface area contributed by atoms with Crippen LogP contribution in [0.4, 0.5) is 0 Å². The Morgan fingerprint density at radius 1 is 1.47 bits per heavy atom. The second-order valence-electron chi connectivity index (χ2n) is 6.41. The van der Waals surface area contributed by atoms with E-state index in [1.807, 2.05) is 13.8 Å². The summed E-state index contributed by atoms with van der Waals surface area (Å²) in [5.74, 6) is -0.749. The van der Waals surface area contributed by atoms with Crippen molar-refractivity contribution in [2.45, 2.75) is 84.0 Å². The number of carbonyl (C=O) groups is 1. The van der Waals surface area contributed by atoms with E-state index in [2.05, 4.69) is 24.1 Å². The zero-order valence-electron chi connectivity index (χ0n) is 13.1. The van der Waals surface area contributed by atoms with E-state index in [4.69, 9.17) is 0 Å². The van der Waals surface area contributed by atoms with E-state index < -0.39 is 11.5 Å². The maximum absolute atomic E-state index is 11.5. The summed E-state index contributed by atoms with van der Waals surface area (Å²) in [6.45, 7) is 11.1. The molecule has 4 heteroatoms. The maximum atomic E-state index is 11.5. The Morgan fingerprint density at radius 3 is 2.58 bits per heavy atom. The van der Waals surface area contributed by atoms with Crippen LogP contribution in [-0.2, 0) is 4.79 Å². The summed E-state index contributed by atoms with van der Waals surface area (Å²) < 4.78 is 0. The van der Waals surface area contributed by atoms with E-state index in [9.17, 15) is 9.90 Å². The van der Waals surface area contributed by atoms with Crippen molar-refractivity contribution in [2.24, 2.45) is 0 Å². The third-order valence-corrected chi connectivity index (χ3v) is 4.37. The van der Waals surface area contributed by atoms with Crippen molar-refractivity contribution in [1.82, 2.24) is 10.2 Å². The fraction of sp³-hybridized carbons (Fsp3) is 0.933. The standard InChI is InChI=1S/C15H30N2O2/c1-6-13-8-7-12(4)17(13)10-9-15(5,14(18)19)16-11(2)3/h11-13,16H,6-10H2,1-5H3,(H,18,19). The maximum Gasteiger partial charge on any atom is 0.323 e. The van der Waals surface area contributed by atoms with Crippen LogP contribution in [0.25, 0.3) is 0 Å². The zero-order chi connectivity index (χ0) is 14.6. The summed E-state index contributed by atoms with van der Waals surface area (Å²) >= 11 is 0. The highest BCUT2D eigenvalue weighted by Crippen LogP contribution is 2.27. The molecule has 0 aromatic rings. The summed E-state index contributed by atoms with van der Waals surface area (Å²) in [5, 5.41) is 12.7. The first-order valence-electron chi connectivity index (χ1n) is 7.57. The van der Waals surface area contributed by atoms with Gasteiger partial charge in [-0.05, 0) is 53.4 Å². The summed E-state index contributed by atoms with van der Waals surface area (Å²) in [5.41, 5.74) is -0.825. The van der Waals surface area contributed by atoms with Crippen molar-refractivity contribution in [1.29, 1.82) is 0 Å². The third-order valence-electron chi connectivity index (χ3n) is 4.37. The Hall–Kier alpha value is -0.610. The van der Waals surface area contributed by atoms with Crippen molar-refractivity contribution >= 4 is 5.97 Å². The monoisotopic (exact) mass is 270 g/mol. The van der Waals surface area contributed by atoms with Gasteiger partial charge in [-0.15, -0.1) is 0 Å². The van der Waals surface area contributed by atoms with Gasteiger partial charge < -0.3 is 5.11 Å². The topological polar surface area (TPSA) is 52.6 Å². The normalized spacial score (nSPS) is 27.7. The van der Waals surface area contributed by atoms with Crippen LogP contribution >= 0.6 is 0 Å². The Kier molecular flexibility index (Phi) is 5.81. The highest BCUT2D eigenvalue weighted by atomic mass is 16.4. The number of aliphatic carboxylic acids is 1. The van der Waals surface area contributed by atoms with Gasteiger partial charge in [0, 0.05) is 24.7 Å². The second kappa shape index (κ2) is 6.71. The Morgan fingerprint density at radius 2 is 2.11 bits per heavy atom. The molecular formula is C15H30N2O2. The van der Waals surface area contributed by atoms with Crippen LogP contribution in [0.5, 0.6) is 0 Å². The largest absolute Gasteiger partial charge is 0.480 e. The van der Waals surface area contributed by atoms with Gasteiger partial charge in [0.1, 0.15) is 5.54 Å². The Balaban J connectivity index is 2.63. The van der Waals surface area contributed by atoms with Gasteiger partial charge in [0.2, 0.25) is 0 Å². The molecule has 1 heterocycles. The van der Waals surface area contributed by atoms with Gasteiger partial charge >= 0.3 is 5.97 Å². The number of nitrogens with one attached hydrogen (secondary N) is 1. The number of hydrogen-bond acceptors (Lipinski definition) is 3. The second-order valence-corrected chi connectivity index (χ2v) is 6.41. The van der Waals surface area contributed by atoms with E-state index in [0.29, 0.717) is 18.5 Å². The molecule has 0 spiro atoms. The lowest BCUT2D eigenvalue weighted by atomic mass is 9.96. The van der Waals surface area contributed by atoms with Crippen molar-refractivity contribution < 1.29 is 9.90 Å². The average molecular weight is 270 g/mol. The summed E-state index contributed by atoms with van der Waals surface area (Å²) in [6, 6.07) is 1.40. The fourth-order valence-electron chi connectivity index (χ4n) is 3.20. The summed E-state index contributed by atoms with van der Waals surface area (Å²) in [6.07, 6.45) is 4.30. The fourth-order valence-corrected chi connectivity index (χ4v) is 3.20. The molecule has 1 fully saturated rings. The Labute approximate surface area is 117 Å². The van der Waals surface area contributed by atoms with Gasteiger partial charge in [0.05, 0.1) is 0 Å². The molecule has 1 aliphatic rings. The average Bonchev–Trinajstić information content (AvgIpc) is 2.66. The molecule has 1 aliphatic heterocycles. The van der Waals surface area contributed by atoms with Gasteiger partial charge in [0.15, 0.2) is 0 Å².